The van der Waals surface area contributed by atoms with E-state index >= 15 is 0 Å². The second kappa shape index (κ2) is 3.27. The molecule has 0 N–H and O–H groups in total. The van der Waals surface area contributed by atoms with Crippen LogP contribution in [0.25, 0.3) is 11.3 Å². The summed E-state index contributed by atoms with van der Waals surface area (Å²) in [7, 11) is 0. The van der Waals surface area contributed by atoms with E-state index in [1.165, 1.54) is 18.4 Å². The maximum absolute atomic E-state index is 11.0. The van der Waals surface area contributed by atoms with Crippen molar-refractivity contribution in [2.75, 3.05) is 0 Å². The van der Waals surface area contributed by atoms with E-state index in [0.717, 1.165) is 5.56 Å². The van der Waals surface area contributed by atoms with Crippen LogP contribution in [0.3, 0.4) is 0 Å². The SMILES string of the molecule is O=c1ccoc(-c2ccccc2)c1. The Hall–Kier alpha value is -1.83. The highest BCUT2D eigenvalue weighted by molar-refractivity contribution is 5.56. The lowest BCUT2D eigenvalue weighted by Crippen LogP contribution is -1.94. The molecule has 2 aromatic rings. The van der Waals surface area contributed by atoms with Crippen LogP contribution in [0, 0.1) is 0 Å². The monoisotopic (exact) mass is 172 g/mol. The van der Waals surface area contributed by atoms with Crippen LogP contribution < -0.4 is 5.43 Å². The molecule has 0 atom stereocenters. The third-order valence-corrected chi connectivity index (χ3v) is 1.76. The summed E-state index contributed by atoms with van der Waals surface area (Å²) in [5, 5.41) is 0. The van der Waals surface area contributed by atoms with Crippen LogP contribution in [0.2, 0.25) is 0 Å². The molecule has 2 rings (SSSR count). The Labute approximate surface area is 75.5 Å². The van der Waals surface area contributed by atoms with Crippen molar-refractivity contribution >= 4 is 0 Å². The molecular weight excluding hydrogens is 164 g/mol. The summed E-state index contributed by atoms with van der Waals surface area (Å²) in [6, 6.07) is 12.4. The molecule has 0 bridgehead atoms. The summed E-state index contributed by atoms with van der Waals surface area (Å²) >= 11 is 0. The minimum atomic E-state index is -0.0369. The fraction of sp³-hybridized carbons (Fsp3) is 0. The van der Waals surface area contributed by atoms with Crippen molar-refractivity contribution in [2.24, 2.45) is 0 Å². The summed E-state index contributed by atoms with van der Waals surface area (Å²) in [6.45, 7) is 0. The van der Waals surface area contributed by atoms with Crippen molar-refractivity contribution < 1.29 is 4.42 Å². The molecular formula is C11H8O2. The predicted molar refractivity (Wildman–Crippen MR) is 50.4 cm³/mol. The van der Waals surface area contributed by atoms with Gasteiger partial charge in [0.2, 0.25) is 0 Å². The minimum absolute atomic E-state index is 0.0369. The highest BCUT2D eigenvalue weighted by Gasteiger charge is 1.97. The van der Waals surface area contributed by atoms with Crippen molar-refractivity contribution in [1.29, 1.82) is 0 Å². The molecule has 0 fully saturated rings. The van der Waals surface area contributed by atoms with E-state index in [2.05, 4.69) is 0 Å². The Morgan fingerprint density at radius 3 is 2.46 bits per heavy atom. The highest BCUT2D eigenvalue weighted by atomic mass is 16.3. The number of benzene rings is 1. The topological polar surface area (TPSA) is 30.2 Å². The summed E-state index contributed by atoms with van der Waals surface area (Å²) in [4.78, 5) is 11.0. The minimum Gasteiger partial charge on any atom is -0.464 e. The quantitative estimate of drug-likeness (QED) is 0.660. The van der Waals surface area contributed by atoms with Gasteiger partial charge in [-0.3, -0.25) is 4.79 Å². The molecule has 1 aromatic heterocycles. The first-order valence-corrected chi connectivity index (χ1v) is 4.00. The van der Waals surface area contributed by atoms with Gasteiger partial charge in [-0.1, -0.05) is 30.3 Å². The molecule has 13 heavy (non-hydrogen) atoms. The van der Waals surface area contributed by atoms with E-state index in [4.69, 9.17) is 4.42 Å². The molecule has 64 valence electrons. The Morgan fingerprint density at radius 1 is 1.00 bits per heavy atom. The van der Waals surface area contributed by atoms with E-state index in [9.17, 15) is 4.79 Å². The van der Waals surface area contributed by atoms with Gasteiger partial charge in [0.25, 0.3) is 0 Å². The number of hydrogen-bond acceptors (Lipinski definition) is 2. The average molecular weight is 172 g/mol. The molecule has 0 radical (unpaired) electrons. The van der Waals surface area contributed by atoms with Gasteiger partial charge >= 0.3 is 0 Å². The highest BCUT2D eigenvalue weighted by Crippen LogP contribution is 2.15. The van der Waals surface area contributed by atoms with Crippen molar-refractivity contribution in [3.05, 3.63) is 59.0 Å². The first-order valence-electron chi connectivity index (χ1n) is 4.00. The van der Waals surface area contributed by atoms with E-state index in [1.54, 1.807) is 0 Å². The summed E-state index contributed by atoms with van der Waals surface area (Å²) < 4.78 is 5.19. The van der Waals surface area contributed by atoms with Gasteiger partial charge in [-0.15, -0.1) is 0 Å². The molecule has 1 aromatic carbocycles. The van der Waals surface area contributed by atoms with Gasteiger partial charge in [0, 0.05) is 17.7 Å². The second-order valence-electron chi connectivity index (χ2n) is 2.70. The van der Waals surface area contributed by atoms with Crippen molar-refractivity contribution in [3.63, 3.8) is 0 Å². The lowest BCUT2D eigenvalue weighted by Gasteiger charge is -1.97. The normalized spacial score (nSPS) is 9.85. The van der Waals surface area contributed by atoms with E-state index in [0.29, 0.717) is 5.76 Å². The zero-order valence-corrected chi connectivity index (χ0v) is 6.94. The van der Waals surface area contributed by atoms with Crippen LogP contribution in [0.4, 0.5) is 0 Å². The smallest absolute Gasteiger partial charge is 0.185 e. The fourth-order valence-electron chi connectivity index (χ4n) is 1.14. The molecule has 0 spiro atoms. The molecule has 0 saturated heterocycles. The van der Waals surface area contributed by atoms with Crippen LogP contribution in [0.15, 0.2) is 57.9 Å². The van der Waals surface area contributed by atoms with Gasteiger partial charge in [0.05, 0.1) is 6.26 Å². The van der Waals surface area contributed by atoms with Crippen LogP contribution in [-0.4, -0.2) is 0 Å². The fourth-order valence-corrected chi connectivity index (χ4v) is 1.14. The number of hydrogen-bond donors (Lipinski definition) is 0. The Kier molecular flexibility index (Phi) is 1.96. The molecule has 2 heteroatoms. The number of rotatable bonds is 1. The molecule has 0 aliphatic heterocycles. The Balaban J connectivity index is 2.54. The van der Waals surface area contributed by atoms with E-state index in [-0.39, 0.29) is 5.43 Å². The molecule has 0 amide bonds. The summed E-state index contributed by atoms with van der Waals surface area (Å²) in [5.41, 5.74) is 0.880. The molecule has 0 unspecified atom stereocenters. The maximum Gasteiger partial charge on any atom is 0.185 e. The van der Waals surface area contributed by atoms with Crippen LogP contribution in [-0.2, 0) is 0 Å². The van der Waals surface area contributed by atoms with E-state index in [1.807, 2.05) is 30.3 Å². The lowest BCUT2D eigenvalue weighted by atomic mass is 10.2. The largest absolute Gasteiger partial charge is 0.464 e. The van der Waals surface area contributed by atoms with Crippen molar-refractivity contribution in [2.45, 2.75) is 0 Å². The maximum atomic E-state index is 11.0. The van der Waals surface area contributed by atoms with Gasteiger partial charge in [0.15, 0.2) is 5.43 Å². The lowest BCUT2D eigenvalue weighted by molar-refractivity contribution is 0.564. The van der Waals surface area contributed by atoms with Gasteiger partial charge in [-0.25, -0.2) is 0 Å². The zero-order valence-electron chi connectivity index (χ0n) is 6.94. The molecule has 0 aliphatic rings. The molecule has 1 heterocycles. The summed E-state index contributed by atoms with van der Waals surface area (Å²) in [5.74, 6) is 0.605. The summed E-state index contributed by atoms with van der Waals surface area (Å²) in [6.07, 6.45) is 1.41. The zero-order chi connectivity index (χ0) is 9.10. The first kappa shape index (κ1) is 7.80. The van der Waals surface area contributed by atoms with Gasteiger partial charge in [-0.2, -0.15) is 0 Å². The van der Waals surface area contributed by atoms with Crippen molar-refractivity contribution in [1.82, 2.24) is 0 Å². The molecule has 0 aliphatic carbocycles. The standard InChI is InChI=1S/C11H8O2/c12-10-6-7-13-11(8-10)9-4-2-1-3-5-9/h1-8H. The van der Waals surface area contributed by atoms with Gasteiger partial charge in [-0.05, 0) is 0 Å². The van der Waals surface area contributed by atoms with Crippen molar-refractivity contribution in [3.8, 4) is 11.3 Å². The average Bonchev–Trinajstić information content (AvgIpc) is 2.19. The molecule has 0 saturated carbocycles. The molecule has 2 nitrogen and oxygen atoms in total. The second-order valence-corrected chi connectivity index (χ2v) is 2.70. The Bertz CT molecular complexity index is 443. The van der Waals surface area contributed by atoms with E-state index < -0.39 is 0 Å². The third kappa shape index (κ3) is 1.67. The van der Waals surface area contributed by atoms with Crippen LogP contribution in [0.1, 0.15) is 0 Å². The van der Waals surface area contributed by atoms with Crippen LogP contribution in [0.5, 0.6) is 0 Å². The predicted octanol–water partition coefficient (Wildman–Crippen LogP) is 2.31. The van der Waals surface area contributed by atoms with Gasteiger partial charge in [0.1, 0.15) is 5.76 Å². The third-order valence-electron chi connectivity index (χ3n) is 1.76. The first-order chi connectivity index (χ1) is 6.36. The Morgan fingerprint density at radius 2 is 1.77 bits per heavy atom. The van der Waals surface area contributed by atoms with Crippen LogP contribution >= 0.6 is 0 Å². The van der Waals surface area contributed by atoms with Gasteiger partial charge < -0.3 is 4.42 Å².